The van der Waals surface area contributed by atoms with Gasteiger partial charge in [-0.2, -0.15) is 0 Å². The summed E-state index contributed by atoms with van der Waals surface area (Å²) in [4.78, 5) is 12.3. The Kier molecular flexibility index (Phi) is 3.69. The van der Waals surface area contributed by atoms with Crippen molar-refractivity contribution in [3.05, 3.63) is 23.2 Å². The monoisotopic (exact) mass is 329 g/mol. The van der Waals surface area contributed by atoms with Gasteiger partial charge in [-0.3, -0.25) is 4.79 Å². The maximum absolute atomic E-state index is 12.3. The Morgan fingerprint density at radius 1 is 1.38 bits per heavy atom. The zero-order chi connectivity index (χ0) is 15.2. The van der Waals surface area contributed by atoms with Crippen LogP contribution in [0.2, 0.25) is 5.02 Å². The molecule has 21 heavy (non-hydrogen) atoms. The Labute approximate surface area is 128 Å². The predicted molar refractivity (Wildman–Crippen MR) is 79.5 cm³/mol. The molecule has 2 aliphatic rings. The largest absolute Gasteiger partial charge is 0.324 e. The number of halogens is 1. The summed E-state index contributed by atoms with van der Waals surface area (Å²) < 4.78 is 22.7. The number of nitrogens with two attached hydrogens (primary N) is 1. The second-order valence-corrected chi connectivity index (χ2v) is 7.53. The number of hydrogen-bond acceptors (Lipinski definition) is 4. The number of nitrogens with one attached hydrogen (secondary N) is 2. The second kappa shape index (κ2) is 5.24. The normalized spacial score (nSPS) is 27.8. The Hall–Kier alpha value is -1.15. The molecular formula is C13H16ClN3O3S. The van der Waals surface area contributed by atoms with E-state index in [0.717, 1.165) is 19.3 Å². The Bertz CT molecular complexity index is 692. The average molecular weight is 330 g/mol. The highest BCUT2D eigenvalue weighted by Crippen LogP contribution is 2.34. The highest BCUT2D eigenvalue weighted by Gasteiger charge is 2.42. The lowest BCUT2D eigenvalue weighted by Gasteiger charge is -2.20. The lowest BCUT2D eigenvalue weighted by molar-refractivity contribution is -0.120. The number of hydrogen-bond donors (Lipinski definition) is 3. The molecule has 2 fully saturated rings. The number of carbonyl (C=O) groups excluding carboxylic acids is 1. The standard InChI is InChI=1S/C13H16ClN3O3S/c14-10-3-2-8(21(15,19)20)6-12(10)17-13(18)9-5-7-1-4-11(9)16-7/h2-3,6-7,9,11,16H,1,4-5H2,(H,17,18)(H2,15,19,20). The minimum atomic E-state index is -3.83. The van der Waals surface area contributed by atoms with E-state index in [4.69, 9.17) is 16.7 Å². The van der Waals surface area contributed by atoms with E-state index in [1.54, 1.807) is 0 Å². The SMILES string of the molecule is NS(=O)(=O)c1ccc(Cl)c(NC(=O)C2CC3CCC2N3)c1. The van der Waals surface area contributed by atoms with Crippen LogP contribution in [0.5, 0.6) is 0 Å². The number of anilines is 1. The summed E-state index contributed by atoms with van der Waals surface area (Å²) in [6.45, 7) is 0. The zero-order valence-corrected chi connectivity index (χ0v) is 12.7. The highest BCUT2D eigenvalue weighted by molar-refractivity contribution is 7.89. The number of primary sulfonamides is 1. The molecule has 2 saturated heterocycles. The van der Waals surface area contributed by atoms with E-state index in [1.165, 1.54) is 18.2 Å². The molecule has 0 aromatic heterocycles. The van der Waals surface area contributed by atoms with Gasteiger partial charge < -0.3 is 10.6 Å². The molecule has 1 aromatic rings. The van der Waals surface area contributed by atoms with Crippen molar-refractivity contribution in [3.8, 4) is 0 Å². The molecule has 2 bridgehead atoms. The highest BCUT2D eigenvalue weighted by atomic mass is 35.5. The molecule has 2 heterocycles. The summed E-state index contributed by atoms with van der Waals surface area (Å²) in [5, 5.41) is 11.5. The first-order valence-corrected chi connectivity index (χ1v) is 8.66. The molecule has 3 unspecified atom stereocenters. The fraction of sp³-hybridized carbons (Fsp3) is 0.462. The van der Waals surface area contributed by atoms with Crippen molar-refractivity contribution in [1.29, 1.82) is 0 Å². The Balaban J connectivity index is 1.80. The van der Waals surface area contributed by atoms with Crippen LogP contribution in [-0.4, -0.2) is 26.4 Å². The second-order valence-electron chi connectivity index (χ2n) is 5.57. The van der Waals surface area contributed by atoms with Gasteiger partial charge in [-0.05, 0) is 37.5 Å². The summed E-state index contributed by atoms with van der Waals surface area (Å²) in [6, 6.07) is 4.63. The maximum Gasteiger partial charge on any atom is 0.238 e. The predicted octanol–water partition coefficient (Wildman–Crippen LogP) is 1.07. The number of benzene rings is 1. The fourth-order valence-corrected chi connectivity index (χ4v) is 3.82. The van der Waals surface area contributed by atoms with E-state index in [-0.39, 0.29) is 33.5 Å². The van der Waals surface area contributed by atoms with E-state index in [9.17, 15) is 13.2 Å². The van der Waals surface area contributed by atoms with Gasteiger partial charge in [0.2, 0.25) is 15.9 Å². The number of carbonyl (C=O) groups is 1. The van der Waals surface area contributed by atoms with Crippen LogP contribution in [0, 0.1) is 5.92 Å². The van der Waals surface area contributed by atoms with Crippen LogP contribution < -0.4 is 15.8 Å². The van der Waals surface area contributed by atoms with Crippen molar-refractivity contribution in [2.45, 2.75) is 36.2 Å². The molecule has 1 amide bonds. The van der Waals surface area contributed by atoms with Gasteiger partial charge in [0.1, 0.15) is 0 Å². The first-order valence-electron chi connectivity index (χ1n) is 6.74. The van der Waals surface area contributed by atoms with Crippen LogP contribution in [0.4, 0.5) is 5.69 Å². The third-order valence-corrected chi connectivity index (χ3v) is 5.40. The quantitative estimate of drug-likeness (QED) is 0.772. The number of fused-ring (bicyclic) bond motifs is 2. The molecule has 1 aromatic carbocycles. The first kappa shape index (κ1) is 14.8. The van der Waals surface area contributed by atoms with Crippen LogP contribution in [0.25, 0.3) is 0 Å². The molecule has 0 spiro atoms. The van der Waals surface area contributed by atoms with Gasteiger partial charge >= 0.3 is 0 Å². The van der Waals surface area contributed by atoms with Gasteiger partial charge in [-0.25, -0.2) is 13.6 Å². The van der Waals surface area contributed by atoms with Gasteiger partial charge in [0.05, 0.1) is 21.5 Å². The van der Waals surface area contributed by atoms with E-state index < -0.39 is 10.0 Å². The van der Waals surface area contributed by atoms with E-state index in [0.29, 0.717) is 6.04 Å². The molecule has 8 heteroatoms. The lowest BCUT2D eigenvalue weighted by atomic mass is 9.88. The fourth-order valence-electron chi connectivity index (χ4n) is 3.12. The van der Waals surface area contributed by atoms with Crippen LogP contribution >= 0.6 is 11.6 Å². The van der Waals surface area contributed by atoms with Crippen molar-refractivity contribution >= 4 is 33.2 Å². The van der Waals surface area contributed by atoms with Crippen molar-refractivity contribution in [3.63, 3.8) is 0 Å². The molecule has 114 valence electrons. The first-order chi connectivity index (χ1) is 9.84. The Morgan fingerprint density at radius 2 is 2.14 bits per heavy atom. The van der Waals surface area contributed by atoms with Crippen LogP contribution in [0.3, 0.4) is 0 Å². The van der Waals surface area contributed by atoms with Crippen molar-refractivity contribution in [1.82, 2.24) is 5.32 Å². The molecular weight excluding hydrogens is 314 g/mol. The summed E-state index contributed by atoms with van der Waals surface area (Å²) in [6.07, 6.45) is 2.91. The minimum Gasteiger partial charge on any atom is -0.324 e. The van der Waals surface area contributed by atoms with Crippen LogP contribution in [-0.2, 0) is 14.8 Å². The van der Waals surface area contributed by atoms with Crippen LogP contribution in [0.15, 0.2) is 23.1 Å². The van der Waals surface area contributed by atoms with Gasteiger partial charge in [0.15, 0.2) is 0 Å². The van der Waals surface area contributed by atoms with Gasteiger partial charge in [-0.15, -0.1) is 0 Å². The number of sulfonamides is 1. The van der Waals surface area contributed by atoms with Gasteiger partial charge in [0, 0.05) is 12.1 Å². The third kappa shape index (κ3) is 2.91. The van der Waals surface area contributed by atoms with E-state index in [1.807, 2.05) is 0 Å². The van der Waals surface area contributed by atoms with Gasteiger partial charge in [0.25, 0.3) is 0 Å². The smallest absolute Gasteiger partial charge is 0.238 e. The van der Waals surface area contributed by atoms with E-state index >= 15 is 0 Å². The molecule has 6 nitrogen and oxygen atoms in total. The topological polar surface area (TPSA) is 101 Å². The molecule has 0 aliphatic carbocycles. The van der Waals surface area contributed by atoms with Gasteiger partial charge in [-0.1, -0.05) is 11.6 Å². The number of rotatable bonds is 3. The lowest BCUT2D eigenvalue weighted by Crippen LogP contribution is -2.33. The summed E-state index contributed by atoms with van der Waals surface area (Å²) >= 11 is 6.01. The van der Waals surface area contributed by atoms with Crippen molar-refractivity contribution in [2.24, 2.45) is 11.1 Å². The maximum atomic E-state index is 12.3. The summed E-state index contributed by atoms with van der Waals surface area (Å²) in [7, 11) is -3.83. The molecule has 2 aliphatic heterocycles. The molecule has 3 atom stereocenters. The molecule has 0 saturated carbocycles. The summed E-state index contributed by atoms with van der Waals surface area (Å²) in [5.74, 6) is -0.235. The third-order valence-electron chi connectivity index (χ3n) is 4.16. The van der Waals surface area contributed by atoms with E-state index in [2.05, 4.69) is 10.6 Å². The van der Waals surface area contributed by atoms with Crippen LogP contribution in [0.1, 0.15) is 19.3 Å². The van der Waals surface area contributed by atoms with Crippen molar-refractivity contribution in [2.75, 3.05) is 5.32 Å². The summed E-state index contributed by atoms with van der Waals surface area (Å²) in [5.41, 5.74) is 0.274. The Morgan fingerprint density at radius 3 is 2.71 bits per heavy atom. The number of amides is 1. The zero-order valence-electron chi connectivity index (χ0n) is 11.2. The molecule has 3 rings (SSSR count). The van der Waals surface area contributed by atoms with Crippen molar-refractivity contribution < 1.29 is 13.2 Å². The molecule has 4 N–H and O–H groups in total. The minimum absolute atomic E-state index is 0.0757. The molecule has 0 radical (unpaired) electrons. The average Bonchev–Trinajstić information content (AvgIpc) is 3.02.